The van der Waals surface area contributed by atoms with Gasteiger partial charge in [-0.05, 0) is 44.0 Å². The first-order chi connectivity index (χ1) is 11.7. The summed E-state index contributed by atoms with van der Waals surface area (Å²) < 4.78 is 2.07. The standard InChI is InChI=1S/C17H17N5OS/c1-11(24-17-21-19-10-22(17)12-7-8-12)16(23)20-15-6-2-5-14-13(15)4-3-9-18-14/h2-6,9-12H,7-8H2,1H3,(H,20,23). The molecule has 1 N–H and O–H groups in total. The molecule has 2 heterocycles. The Morgan fingerprint density at radius 2 is 2.21 bits per heavy atom. The Labute approximate surface area is 143 Å². The molecule has 1 amide bonds. The molecule has 4 rings (SSSR count). The molecule has 7 heteroatoms. The van der Waals surface area contributed by atoms with Gasteiger partial charge in [-0.1, -0.05) is 17.8 Å². The van der Waals surface area contributed by atoms with Crippen LogP contribution in [0.25, 0.3) is 10.9 Å². The Hall–Kier alpha value is -2.41. The van der Waals surface area contributed by atoms with Crippen LogP contribution in [0.5, 0.6) is 0 Å². The number of nitrogens with zero attached hydrogens (tertiary/aromatic N) is 4. The lowest BCUT2D eigenvalue weighted by Crippen LogP contribution is -2.23. The second kappa shape index (κ2) is 6.24. The predicted molar refractivity (Wildman–Crippen MR) is 94.0 cm³/mol. The van der Waals surface area contributed by atoms with Crippen LogP contribution in [0.4, 0.5) is 5.69 Å². The van der Waals surface area contributed by atoms with Crippen LogP contribution in [-0.4, -0.2) is 30.9 Å². The zero-order valence-electron chi connectivity index (χ0n) is 13.2. The van der Waals surface area contributed by atoms with Gasteiger partial charge in [-0.3, -0.25) is 9.78 Å². The van der Waals surface area contributed by atoms with Crippen molar-refractivity contribution >= 4 is 34.3 Å². The van der Waals surface area contributed by atoms with Crippen LogP contribution in [-0.2, 0) is 4.79 Å². The van der Waals surface area contributed by atoms with E-state index in [0.717, 1.165) is 34.6 Å². The van der Waals surface area contributed by atoms with E-state index in [1.807, 2.05) is 37.3 Å². The van der Waals surface area contributed by atoms with Gasteiger partial charge in [-0.15, -0.1) is 10.2 Å². The summed E-state index contributed by atoms with van der Waals surface area (Å²) in [7, 11) is 0. The van der Waals surface area contributed by atoms with Gasteiger partial charge in [0.25, 0.3) is 0 Å². The summed E-state index contributed by atoms with van der Waals surface area (Å²) >= 11 is 1.44. The second-order valence-corrected chi connectivity index (χ2v) is 7.18. The van der Waals surface area contributed by atoms with Crippen molar-refractivity contribution in [2.75, 3.05) is 5.32 Å². The first kappa shape index (κ1) is 15.1. The molecule has 3 aromatic rings. The number of hydrogen-bond acceptors (Lipinski definition) is 5. The van der Waals surface area contributed by atoms with E-state index in [1.165, 1.54) is 11.8 Å². The van der Waals surface area contributed by atoms with E-state index in [4.69, 9.17) is 0 Å². The van der Waals surface area contributed by atoms with E-state index < -0.39 is 0 Å². The van der Waals surface area contributed by atoms with Gasteiger partial charge < -0.3 is 9.88 Å². The lowest BCUT2D eigenvalue weighted by atomic mass is 10.2. The summed E-state index contributed by atoms with van der Waals surface area (Å²) in [4.78, 5) is 16.9. The summed E-state index contributed by atoms with van der Waals surface area (Å²) in [5.74, 6) is -0.0540. The van der Waals surface area contributed by atoms with Gasteiger partial charge in [0.05, 0.1) is 16.5 Å². The zero-order valence-corrected chi connectivity index (χ0v) is 14.0. The van der Waals surface area contributed by atoms with E-state index in [2.05, 4.69) is 25.1 Å². The number of anilines is 1. The highest BCUT2D eigenvalue weighted by Gasteiger charge is 2.28. The lowest BCUT2D eigenvalue weighted by Gasteiger charge is -2.13. The molecule has 1 atom stereocenters. The number of hydrogen-bond donors (Lipinski definition) is 1. The molecule has 1 aliphatic rings. The molecule has 24 heavy (non-hydrogen) atoms. The maximum Gasteiger partial charge on any atom is 0.237 e. The van der Waals surface area contributed by atoms with E-state index in [9.17, 15) is 4.79 Å². The fourth-order valence-corrected chi connectivity index (χ4v) is 3.47. The number of benzene rings is 1. The van der Waals surface area contributed by atoms with Gasteiger partial charge in [0.1, 0.15) is 6.33 Å². The normalized spacial score (nSPS) is 15.4. The second-order valence-electron chi connectivity index (χ2n) is 5.88. The maximum absolute atomic E-state index is 12.6. The molecule has 1 fully saturated rings. The number of thioether (sulfide) groups is 1. The Bertz CT molecular complexity index is 884. The average molecular weight is 339 g/mol. The fourth-order valence-electron chi connectivity index (χ4n) is 2.58. The molecule has 122 valence electrons. The minimum Gasteiger partial charge on any atom is -0.324 e. The predicted octanol–water partition coefficient (Wildman–Crippen LogP) is 3.28. The Kier molecular flexibility index (Phi) is 3.93. The molecule has 6 nitrogen and oxygen atoms in total. The van der Waals surface area contributed by atoms with Crippen LogP contribution in [0.3, 0.4) is 0 Å². The quantitative estimate of drug-likeness (QED) is 0.722. The van der Waals surface area contributed by atoms with Crippen LogP contribution < -0.4 is 5.32 Å². The number of aromatic nitrogens is 4. The summed E-state index contributed by atoms with van der Waals surface area (Å²) in [6, 6.07) is 10.1. The Balaban J connectivity index is 1.49. The van der Waals surface area contributed by atoms with E-state index in [-0.39, 0.29) is 11.2 Å². The van der Waals surface area contributed by atoms with Gasteiger partial charge in [-0.25, -0.2) is 0 Å². The molecular formula is C17H17N5OS. The highest BCUT2D eigenvalue weighted by Crippen LogP contribution is 2.38. The van der Waals surface area contributed by atoms with Crippen LogP contribution in [0, 0.1) is 0 Å². The Morgan fingerprint density at radius 1 is 1.33 bits per heavy atom. The molecule has 1 saturated carbocycles. The molecular weight excluding hydrogens is 322 g/mol. The van der Waals surface area contributed by atoms with Gasteiger partial charge >= 0.3 is 0 Å². The van der Waals surface area contributed by atoms with Crippen LogP contribution in [0.1, 0.15) is 25.8 Å². The molecule has 0 radical (unpaired) electrons. The first-order valence-corrected chi connectivity index (χ1v) is 8.81. The van der Waals surface area contributed by atoms with Crippen LogP contribution in [0.2, 0.25) is 0 Å². The summed E-state index contributed by atoms with van der Waals surface area (Å²) in [5, 5.41) is 12.6. The SMILES string of the molecule is CC(Sc1nncn1C1CC1)C(=O)Nc1cccc2ncccc12. The van der Waals surface area contributed by atoms with Crippen molar-refractivity contribution in [3.05, 3.63) is 42.9 Å². The number of nitrogens with one attached hydrogen (secondary N) is 1. The van der Waals surface area contributed by atoms with Crippen molar-refractivity contribution in [1.29, 1.82) is 0 Å². The number of rotatable bonds is 5. The van der Waals surface area contributed by atoms with Gasteiger partial charge in [0, 0.05) is 17.6 Å². The van der Waals surface area contributed by atoms with Gasteiger partial charge in [0.15, 0.2) is 5.16 Å². The average Bonchev–Trinajstić information content (AvgIpc) is 3.34. The number of pyridine rings is 1. The Morgan fingerprint density at radius 3 is 3.04 bits per heavy atom. The third-order valence-electron chi connectivity index (χ3n) is 4.04. The molecule has 0 spiro atoms. The van der Waals surface area contributed by atoms with Crippen molar-refractivity contribution in [3.63, 3.8) is 0 Å². The van der Waals surface area contributed by atoms with Gasteiger partial charge in [-0.2, -0.15) is 0 Å². The third kappa shape index (κ3) is 2.99. The summed E-state index contributed by atoms with van der Waals surface area (Å²) in [5.41, 5.74) is 1.64. The first-order valence-electron chi connectivity index (χ1n) is 7.93. The van der Waals surface area contributed by atoms with Crippen molar-refractivity contribution in [3.8, 4) is 0 Å². The molecule has 2 aromatic heterocycles. The van der Waals surface area contributed by atoms with Gasteiger partial charge in [0.2, 0.25) is 5.91 Å². The van der Waals surface area contributed by atoms with Crippen molar-refractivity contribution in [1.82, 2.24) is 19.7 Å². The van der Waals surface area contributed by atoms with Crippen molar-refractivity contribution in [2.24, 2.45) is 0 Å². The smallest absolute Gasteiger partial charge is 0.237 e. The monoisotopic (exact) mass is 339 g/mol. The summed E-state index contributed by atoms with van der Waals surface area (Å²) in [6.07, 6.45) is 5.82. The van der Waals surface area contributed by atoms with E-state index >= 15 is 0 Å². The molecule has 1 aliphatic carbocycles. The topological polar surface area (TPSA) is 72.7 Å². The minimum atomic E-state index is -0.265. The zero-order chi connectivity index (χ0) is 16.5. The lowest BCUT2D eigenvalue weighted by molar-refractivity contribution is -0.115. The number of carbonyl (C=O) groups is 1. The maximum atomic E-state index is 12.6. The largest absolute Gasteiger partial charge is 0.324 e. The molecule has 1 aromatic carbocycles. The molecule has 0 aliphatic heterocycles. The van der Waals surface area contributed by atoms with Crippen LogP contribution >= 0.6 is 11.8 Å². The molecule has 0 saturated heterocycles. The van der Waals surface area contributed by atoms with Crippen molar-refractivity contribution < 1.29 is 4.79 Å². The fraction of sp³-hybridized carbons (Fsp3) is 0.294. The number of carbonyl (C=O) groups excluding carboxylic acids is 1. The highest BCUT2D eigenvalue weighted by atomic mass is 32.2. The highest BCUT2D eigenvalue weighted by molar-refractivity contribution is 8.00. The number of fused-ring (bicyclic) bond motifs is 1. The number of amides is 1. The van der Waals surface area contributed by atoms with Crippen molar-refractivity contribution in [2.45, 2.75) is 36.2 Å². The van der Waals surface area contributed by atoms with E-state index in [1.54, 1.807) is 12.5 Å². The molecule has 0 bridgehead atoms. The summed E-state index contributed by atoms with van der Waals surface area (Å²) in [6.45, 7) is 1.88. The van der Waals surface area contributed by atoms with Crippen LogP contribution in [0.15, 0.2) is 48.0 Å². The minimum absolute atomic E-state index is 0.0540. The molecule has 1 unspecified atom stereocenters. The van der Waals surface area contributed by atoms with E-state index in [0.29, 0.717) is 6.04 Å². The third-order valence-corrected chi connectivity index (χ3v) is 5.11.